The lowest BCUT2D eigenvalue weighted by Gasteiger charge is -2.27. The first kappa shape index (κ1) is 38.4. The highest BCUT2D eigenvalue weighted by molar-refractivity contribution is 7.26. The van der Waals surface area contributed by atoms with Gasteiger partial charge in [-0.1, -0.05) is 170 Å². The summed E-state index contributed by atoms with van der Waals surface area (Å²) >= 11 is 3.81. The van der Waals surface area contributed by atoms with E-state index in [1.165, 1.54) is 95.7 Å². The number of anilines is 3. The van der Waals surface area contributed by atoms with Gasteiger partial charge in [0.05, 0.1) is 0 Å². The van der Waals surface area contributed by atoms with Gasteiger partial charge >= 0.3 is 0 Å². The predicted octanol–water partition coefficient (Wildman–Crippen LogP) is 16.3. The minimum Gasteiger partial charge on any atom is -0.310 e. The maximum absolute atomic E-state index is 2.45. The zero-order valence-corrected chi connectivity index (χ0v) is 36.9. The second-order valence-electron chi connectivity index (χ2n) is 16.7. The van der Waals surface area contributed by atoms with Crippen molar-refractivity contribution in [3.8, 4) is 22.3 Å². The van der Waals surface area contributed by atoms with Crippen LogP contribution in [0.4, 0.5) is 17.1 Å². The molecule has 2 aliphatic carbocycles. The maximum Gasteiger partial charge on any atom is 0.0473 e. The van der Waals surface area contributed by atoms with Crippen molar-refractivity contribution in [3.63, 3.8) is 0 Å². The van der Waals surface area contributed by atoms with Crippen LogP contribution in [0.2, 0.25) is 0 Å². The molecule has 3 heteroatoms. The van der Waals surface area contributed by atoms with Crippen molar-refractivity contribution in [1.82, 2.24) is 0 Å². The van der Waals surface area contributed by atoms with E-state index in [0.29, 0.717) is 0 Å². The maximum atomic E-state index is 2.45. The average molecular weight is 854 g/mol. The summed E-state index contributed by atoms with van der Waals surface area (Å²) in [4.78, 5) is 2.45. The van der Waals surface area contributed by atoms with Gasteiger partial charge in [0.1, 0.15) is 0 Å². The number of hydrogen-bond acceptors (Lipinski definition) is 3. The van der Waals surface area contributed by atoms with E-state index in [0.717, 1.165) is 36.3 Å². The zero-order valence-electron chi connectivity index (χ0n) is 35.2. The molecule has 304 valence electrons. The van der Waals surface area contributed by atoms with Crippen LogP contribution in [0.1, 0.15) is 36.0 Å². The van der Waals surface area contributed by atoms with E-state index in [-0.39, 0.29) is 0 Å². The highest BCUT2D eigenvalue weighted by Crippen LogP contribution is 2.43. The number of hydrogen-bond donors (Lipinski definition) is 0. The molecule has 1 nitrogen and oxygen atoms in total. The van der Waals surface area contributed by atoms with Crippen molar-refractivity contribution in [1.29, 1.82) is 0 Å². The first-order valence-corrected chi connectivity index (χ1v) is 23.8. The molecule has 8 aromatic carbocycles. The highest BCUT2D eigenvalue weighted by atomic mass is 32.1. The second kappa shape index (κ2) is 16.4. The standard InChI is InChI=1S/C61H43NS2/c1-3-14-41(15-4-1)43-18-11-19-44(29-28-43)48-38-47(42-16-5-2-6-17-42)39-51(40-48)62(49-34-30-45(31-35-49)52-22-12-24-56-54-20-7-9-26-58(54)63-60(52)56)50-36-32-46(33-37-50)53-23-13-25-57-55-21-8-10-27-59(55)64-61(53)57/h1-12,14-18,20-22,24-40H,13,19,23H2. The summed E-state index contributed by atoms with van der Waals surface area (Å²) in [5.74, 6) is 0. The van der Waals surface area contributed by atoms with Gasteiger partial charge in [-0.15, -0.1) is 22.7 Å². The summed E-state index contributed by atoms with van der Waals surface area (Å²) in [5, 5.41) is 5.41. The van der Waals surface area contributed by atoms with Crippen molar-refractivity contribution in [3.05, 3.63) is 245 Å². The Bertz CT molecular complexity index is 3600. The molecule has 12 rings (SSSR count). The van der Waals surface area contributed by atoms with Crippen LogP contribution in [-0.4, -0.2) is 0 Å². The molecule has 10 aromatic rings. The van der Waals surface area contributed by atoms with Crippen molar-refractivity contribution in [2.24, 2.45) is 0 Å². The molecule has 0 N–H and O–H groups in total. The summed E-state index contributed by atoms with van der Waals surface area (Å²) in [6.07, 6.45) is 14.5. The van der Waals surface area contributed by atoms with Crippen LogP contribution in [0, 0.1) is 0 Å². The molecule has 2 aliphatic rings. The van der Waals surface area contributed by atoms with Gasteiger partial charge in [-0.25, -0.2) is 0 Å². The summed E-state index contributed by atoms with van der Waals surface area (Å²) in [6.45, 7) is 0. The van der Waals surface area contributed by atoms with Gasteiger partial charge in [0.15, 0.2) is 0 Å². The minimum absolute atomic E-state index is 0.840. The van der Waals surface area contributed by atoms with Gasteiger partial charge in [-0.2, -0.15) is 0 Å². The van der Waals surface area contributed by atoms with Gasteiger partial charge in [0.2, 0.25) is 0 Å². The minimum atomic E-state index is 0.840. The Morgan fingerprint density at radius 2 is 1.08 bits per heavy atom. The largest absolute Gasteiger partial charge is 0.310 e. The first-order chi connectivity index (χ1) is 31.7. The molecular weight excluding hydrogens is 811 g/mol. The Morgan fingerprint density at radius 1 is 0.438 bits per heavy atom. The van der Waals surface area contributed by atoms with Crippen LogP contribution in [0.25, 0.3) is 75.3 Å². The quantitative estimate of drug-likeness (QED) is 0.147. The Kier molecular flexibility index (Phi) is 9.86. The molecule has 0 aliphatic heterocycles. The smallest absolute Gasteiger partial charge is 0.0473 e. The fraction of sp³-hybridized carbons (Fsp3) is 0.0492. The van der Waals surface area contributed by atoms with Crippen molar-refractivity contribution < 1.29 is 0 Å². The van der Waals surface area contributed by atoms with Gasteiger partial charge in [0.25, 0.3) is 0 Å². The molecule has 2 aromatic heterocycles. The lowest BCUT2D eigenvalue weighted by molar-refractivity contribution is 1.09. The third-order valence-corrected chi connectivity index (χ3v) is 15.3. The molecule has 64 heavy (non-hydrogen) atoms. The molecule has 0 saturated carbocycles. The van der Waals surface area contributed by atoms with Gasteiger partial charge in [0, 0.05) is 46.5 Å². The number of fused-ring (bicyclic) bond motifs is 6. The summed E-state index contributed by atoms with van der Waals surface area (Å²) < 4.78 is 5.43. The van der Waals surface area contributed by atoms with E-state index in [1.807, 2.05) is 22.7 Å². The molecule has 0 bridgehead atoms. The number of rotatable bonds is 8. The normalized spacial score (nSPS) is 13.7. The molecule has 0 saturated heterocycles. The van der Waals surface area contributed by atoms with Crippen LogP contribution in [0.3, 0.4) is 0 Å². The molecule has 0 unspecified atom stereocenters. The highest BCUT2D eigenvalue weighted by Gasteiger charge is 2.19. The van der Waals surface area contributed by atoms with E-state index >= 15 is 0 Å². The Morgan fingerprint density at radius 3 is 1.84 bits per heavy atom. The fourth-order valence-electron chi connectivity index (χ4n) is 9.65. The Labute approximate surface area is 381 Å². The molecule has 0 radical (unpaired) electrons. The van der Waals surface area contributed by atoms with Crippen molar-refractivity contribution >= 4 is 92.8 Å². The lowest BCUT2D eigenvalue weighted by Crippen LogP contribution is -2.25. The van der Waals surface area contributed by atoms with Gasteiger partial charge in [-0.05, 0) is 140 Å². The second-order valence-corrected chi connectivity index (χ2v) is 18.8. The van der Waals surface area contributed by atoms with E-state index in [4.69, 9.17) is 0 Å². The van der Waals surface area contributed by atoms with Gasteiger partial charge in [-0.3, -0.25) is 0 Å². The third kappa shape index (κ3) is 7.04. The van der Waals surface area contributed by atoms with Crippen LogP contribution in [0.15, 0.2) is 218 Å². The first-order valence-electron chi connectivity index (χ1n) is 22.2. The van der Waals surface area contributed by atoms with Crippen molar-refractivity contribution in [2.45, 2.75) is 19.3 Å². The molecule has 0 spiro atoms. The van der Waals surface area contributed by atoms with Gasteiger partial charge < -0.3 is 4.90 Å². The number of thiophene rings is 2. The number of nitrogens with zero attached hydrogens (tertiary/aromatic N) is 1. The average Bonchev–Trinajstić information content (AvgIpc) is 3.84. The Hall–Kier alpha value is -7.30. The topological polar surface area (TPSA) is 3.24 Å². The van der Waals surface area contributed by atoms with Crippen LogP contribution in [0.5, 0.6) is 0 Å². The van der Waals surface area contributed by atoms with E-state index in [9.17, 15) is 0 Å². The predicted molar refractivity (Wildman–Crippen MR) is 278 cm³/mol. The van der Waals surface area contributed by atoms with E-state index in [1.54, 1.807) is 0 Å². The fourth-order valence-corrected chi connectivity index (χ4v) is 12.2. The van der Waals surface area contributed by atoms with Crippen LogP contribution >= 0.6 is 22.7 Å². The van der Waals surface area contributed by atoms with Crippen LogP contribution in [-0.2, 0) is 0 Å². The molecular formula is C61H43NS2. The summed E-state index contributed by atoms with van der Waals surface area (Å²) in [7, 11) is 0. The van der Waals surface area contributed by atoms with E-state index in [2.05, 4.69) is 229 Å². The SMILES string of the molecule is C1=CC(c2ccccc2)=CC=C(c2cc(-c3ccccc3)cc(N(c3ccc(C4=c5sc6ccccc6c5=CCC4)cc3)c3ccc(-c4cccc5c4sc4ccccc45)cc3)c2)C1. The number of benzene rings is 8. The molecule has 0 atom stereocenters. The van der Waals surface area contributed by atoms with E-state index < -0.39 is 0 Å². The molecule has 2 heterocycles. The molecule has 0 amide bonds. The monoisotopic (exact) mass is 853 g/mol. The van der Waals surface area contributed by atoms with Crippen molar-refractivity contribution in [2.75, 3.05) is 4.90 Å². The zero-order chi connectivity index (χ0) is 42.4. The van der Waals surface area contributed by atoms with Crippen LogP contribution < -0.4 is 14.7 Å². The summed E-state index contributed by atoms with van der Waals surface area (Å²) in [5.41, 5.74) is 15.9. The lowest BCUT2D eigenvalue weighted by atomic mass is 9.95. The Balaban J connectivity index is 1.01. The number of allylic oxidation sites excluding steroid dienone is 6. The molecule has 0 fully saturated rings. The third-order valence-electron chi connectivity index (χ3n) is 12.8. The summed E-state index contributed by atoms with van der Waals surface area (Å²) in [6, 6.07) is 71.6.